The van der Waals surface area contributed by atoms with Crippen LogP contribution >= 0.6 is 15.9 Å². The van der Waals surface area contributed by atoms with Crippen LogP contribution in [0.25, 0.3) is 54.2 Å². The fraction of sp³-hybridized carbons (Fsp3) is 0. The average molecular weight is 433 g/mol. The molecule has 6 rings (SSSR count). The summed E-state index contributed by atoms with van der Waals surface area (Å²) in [5.74, 6) is 0. The second kappa shape index (κ2) is 6.43. The molecule has 0 radical (unpaired) electrons. The van der Waals surface area contributed by atoms with Gasteiger partial charge >= 0.3 is 0 Å². The van der Waals surface area contributed by atoms with Crippen LogP contribution in [0.2, 0.25) is 0 Å². The Kier molecular flexibility index (Phi) is 3.72. The van der Waals surface area contributed by atoms with E-state index in [1.165, 1.54) is 58.7 Å². The molecule has 6 aromatic carbocycles. The molecule has 1 heteroatoms. The summed E-state index contributed by atoms with van der Waals surface area (Å²) in [7, 11) is 0. The molecule has 136 valence electrons. The summed E-state index contributed by atoms with van der Waals surface area (Å²) < 4.78 is 1.17. The highest BCUT2D eigenvalue weighted by Crippen LogP contribution is 2.42. The summed E-state index contributed by atoms with van der Waals surface area (Å²) in [6, 6.07) is 37.3. The second-order valence-corrected chi connectivity index (χ2v) is 8.30. The van der Waals surface area contributed by atoms with Gasteiger partial charge in [0, 0.05) is 4.47 Å². The lowest BCUT2D eigenvalue weighted by molar-refractivity contribution is 1.70. The summed E-state index contributed by atoms with van der Waals surface area (Å²) in [4.78, 5) is 0. The van der Waals surface area contributed by atoms with E-state index in [9.17, 15) is 0 Å². The first-order valence-electron chi connectivity index (χ1n) is 9.82. The van der Waals surface area contributed by atoms with Crippen molar-refractivity contribution in [2.75, 3.05) is 0 Å². The van der Waals surface area contributed by atoms with Crippen molar-refractivity contribution >= 4 is 59.0 Å². The lowest BCUT2D eigenvalue weighted by atomic mass is 9.90. The van der Waals surface area contributed by atoms with E-state index >= 15 is 0 Å². The molecule has 0 bridgehead atoms. The van der Waals surface area contributed by atoms with E-state index in [4.69, 9.17) is 0 Å². The predicted molar refractivity (Wildman–Crippen MR) is 130 cm³/mol. The van der Waals surface area contributed by atoms with Crippen LogP contribution in [0, 0.1) is 0 Å². The molecule has 0 fully saturated rings. The summed E-state index contributed by atoms with van der Waals surface area (Å²) in [5.41, 5.74) is 2.56. The Bertz CT molecular complexity index is 1500. The number of hydrogen-bond donors (Lipinski definition) is 0. The molecule has 0 aliphatic rings. The molecular formula is C28H17Br. The second-order valence-electron chi connectivity index (χ2n) is 7.50. The average Bonchev–Trinajstić information content (AvgIpc) is 2.79. The third-order valence-corrected chi connectivity index (χ3v) is 6.76. The van der Waals surface area contributed by atoms with Crippen molar-refractivity contribution in [2.24, 2.45) is 0 Å². The fourth-order valence-corrected chi connectivity index (χ4v) is 5.24. The first-order valence-corrected chi connectivity index (χ1v) is 10.6. The number of fused-ring (bicyclic) bond motifs is 5. The van der Waals surface area contributed by atoms with Gasteiger partial charge in [0.15, 0.2) is 0 Å². The van der Waals surface area contributed by atoms with E-state index in [1.807, 2.05) is 0 Å². The quantitative estimate of drug-likeness (QED) is 0.180. The molecule has 0 nitrogen and oxygen atoms in total. The van der Waals surface area contributed by atoms with Gasteiger partial charge in [-0.25, -0.2) is 0 Å². The number of rotatable bonds is 1. The maximum absolute atomic E-state index is 3.86. The highest BCUT2D eigenvalue weighted by molar-refractivity contribution is 9.10. The van der Waals surface area contributed by atoms with Crippen LogP contribution in [0.1, 0.15) is 0 Å². The zero-order chi connectivity index (χ0) is 19.4. The largest absolute Gasteiger partial charge is 0.0616 e. The van der Waals surface area contributed by atoms with E-state index in [0.717, 1.165) is 0 Å². The minimum atomic E-state index is 1.17. The molecule has 6 aromatic rings. The predicted octanol–water partition coefficient (Wildman–Crippen LogP) is 8.73. The molecule has 0 aliphatic heterocycles. The van der Waals surface area contributed by atoms with Gasteiger partial charge in [-0.15, -0.1) is 0 Å². The minimum Gasteiger partial charge on any atom is -0.0616 e. The Morgan fingerprint density at radius 1 is 0.414 bits per heavy atom. The topological polar surface area (TPSA) is 0 Å². The van der Waals surface area contributed by atoms with E-state index in [-0.39, 0.29) is 0 Å². The van der Waals surface area contributed by atoms with Crippen molar-refractivity contribution in [2.45, 2.75) is 0 Å². The highest BCUT2D eigenvalue weighted by atomic mass is 79.9. The smallest absolute Gasteiger partial charge is 0.0332 e. The van der Waals surface area contributed by atoms with Crippen molar-refractivity contribution < 1.29 is 0 Å². The van der Waals surface area contributed by atoms with E-state index < -0.39 is 0 Å². The van der Waals surface area contributed by atoms with Crippen molar-refractivity contribution in [1.29, 1.82) is 0 Å². The molecular weight excluding hydrogens is 416 g/mol. The summed E-state index contributed by atoms with van der Waals surface area (Å²) in [6.45, 7) is 0. The van der Waals surface area contributed by atoms with Gasteiger partial charge in [0.1, 0.15) is 0 Å². The molecule has 0 aliphatic carbocycles. The lowest BCUT2D eigenvalue weighted by Crippen LogP contribution is -1.88. The maximum Gasteiger partial charge on any atom is 0.0332 e. The van der Waals surface area contributed by atoms with Gasteiger partial charge in [0.05, 0.1) is 0 Å². The van der Waals surface area contributed by atoms with Crippen molar-refractivity contribution in [3.63, 3.8) is 0 Å². The maximum atomic E-state index is 3.86. The Morgan fingerprint density at radius 2 is 0.897 bits per heavy atom. The minimum absolute atomic E-state index is 1.17. The molecule has 0 N–H and O–H groups in total. The van der Waals surface area contributed by atoms with Gasteiger partial charge in [-0.2, -0.15) is 0 Å². The van der Waals surface area contributed by atoms with Crippen LogP contribution in [0.5, 0.6) is 0 Å². The molecule has 29 heavy (non-hydrogen) atoms. The SMILES string of the molecule is Brc1c2ccccc2c(-c2ccc3ccc4ccccc4c3c2)c2ccccc12. The highest BCUT2D eigenvalue weighted by Gasteiger charge is 2.14. The fourth-order valence-electron chi connectivity index (χ4n) is 4.54. The van der Waals surface area contributed by atoms with E-state index in [0.29, 0.717) is 0 Å². The Balaban J connectivity index is 1.79. The molecule has 0 aromatic heterocycles. The van der Waals surface area contributed by atoms with Crippen molar-refractivity contribution in [1.82, 2.24) is 0 Å². The van der Waals surface area contributed by atoms with Gasteiger partial charge in [-0.05, 0) is 76.2 Å². The van der Waals surface area contributed by atoms with Gasteiger partial charge in [0.25, 0.3) is 0 Å². The molecule has 0 spiro atoms. The standard InChI is InChI=1S/C28H17Br/c29-28-24-11-5-3-9-22(24)27(23-10-4-6-12-25(23)28)20-16-15-19-14-13-18-7-1-2-8-21(18)26(19)17-20/h1-17H. The Hall–Kier alpha value is -3.16. The summed E-state index contributed by atoms with van der Waals surface area (Å²) in [6.07, 6.45) is 0. The van der Waals surface area contributed by atoms with Crippen LogP contribution in [0.3, 0.4) is 0 Å². The van der Waals surface area contributed by atoms with Gasteiger partial charge in [-0.1, -0.05) is 97.1 Å². The van der Waals surface area contributed by atoms with Crippen molar-refractivity contribution in [3.05, 3.63) is 108 Å². The zero-order valence-corrected chi connectivity index (χ0v) is 17.3. The van der Waals surface area contributed by atoms with Crippen LogP contribution in [-0.4, -0.2) is 0 Å². The molecule has 0 heterocycles. The van der Waals surface area contributed by atoms with Gasteiger partial charge in [0.2, 0.25) is 0 Å². The van der Waals surface area contributed by atoms with Crippen LogP contribution < -0.4 is 0 Å². The van der Waals surface area contributed by atoms with Crippen molar-refractivity contribution in [3.8, 4) is 11.1 Å². The summed E-state index contributed by atoms with van der Waals surface area (Å²) in [5, 5.41) is 10.2. The molecule has 0 atom stereocenters. The lowest BCUT2D eigenvalue weighted by Gasteiger charge is -2.15. The van der Waals surface area contributed by atoms with Gasteiger partial charge < -0.3 is 0 Å². The van der Waals surface area contributed by atoms with Crippen LogP contribution in [0.15, 0.2) is 108 Å². The number of benzene rings is 6. The number of hydrogen-bond acceptors (Lipinski definition) is 0. The molecule has 0 unspecified atom stereocenters. The third kappa shape index (κ3) is 2.51. The van der Waals surface area contributed by atoms with Crippen LogP contribution in [0.4, 0.5) is 0 Å². The third-order valence-electron chi connectivity index (χ3n) is 5.90. The normalized spacial score (nSPS) is 11.6. The molecule has 0 saturated heterocycles. The Morgan fingerprint density at radius 3 is 1.55 bits per heavy atom. The van der Waals surface area contributed by atoms with Gasteiger partial charge in [-0.3, -0.25) is 0 Å². The van der Waals surface area contributed by atoms with Crippen LogP contribution in [-0.2, 0) is 0 Å². The first kappa shape index (κ1) is 16.8. The summed E-state index contributed by atoms with van der Waals surface area (Å²) >= 11 is 3.86. The monoisotopic (exact) mass is 432 g/mol. The zero-order valence-electron chi connectivity index (χ0n) is 15.7. The Labute approximate surface area is 177 Å². The number of halogens is 1. The van der Waals surface area contributed by atoms with E-state index in [2.05, 4.69) is 119 Å². The van der Waals surface area contributed by atoms with E-state index in [1.54, 1.807) is 0 Å². The molecule has 0 amide bonds. The first-order chi connectivity index (χ1) is 14.3. The molecule has 0 saturated carbocycles.